The van der Waals surface area contributed by atoms with Gasteiger partial charge in [0, 0.05) is 16.8 Å². The molecule has 1 aliphatic rings. The number of hydrazine groups is 1. The SMILES string of the molecule is Cc1cccc(C)c1-c1nc2c(c(NN)n1)CCC2. The van der Waals surface area contributed by atoms with Crippen LogP contribution in [-0.4, -0.2) is 9.97 Å². The molecule has 0 unspecified atom stereocenters. The summed E-state index contributed by atoms with van der Waals surface area (Å²) in [5.41, 5.74) is 8.55. The molecule has 0 fully saturated rings. The Morgan fingerprint density at radius 2 is 1.84 bits per heavy atom. The van der Waals surface area contributed by atoms with Crippen LogP contribution >= 0.6 is 0 Å². The van der Waals surface area contributed by atoms with E-state index in [1.54, 1.807) is 0 Å². The third-order valence-electron chi connectivity index (χ3n) is 3.77. The van der Waals surface area contributed by atoms with Crippen LogP contribution in [0.2, 0.25) is 0 Å². The minimum atomic E-state index is 0.778. The van der Waals surface area contributed by atoms with Gasteiger partial charge in [0.15, 0.2) is 5.82 Å². The molecule has 1 aliphatic carbocycles. The van der Waals surface area contributed by atoms with E-state index in [4.69, 9.17) is 10.8 Å². The molecule has 0 saturated heterocycles. The van der Waals surface area contributed by atoms with Crippen molar-refractivity contribution < 1.29 is 0 Å². The Bertz CT molecular complexity index is 614. The first kappa shape index (κ1) is 12.1. The fourth-order valence-electron chi connectivity index (χ4n) is 2.83. The third kappa shape index (κ3) is 1.98. The molecule has 0 saturated carbocycles. The number of nitrogens with two attached hydrogens (primary N) is 1. The van der Waals surface area contributed by atoms with Crippen LogP contribution in [-0.2, 0) is 12.8 Å². The van der Waals surface area contributed by atoms with E-state index in [-0.39, 0.29) is 0 Å². The van der Waals surface area contributed by atoms with Gasteiger partial charge in [-0.1, -0.05) is 18.2 Å². The zero-order chi connectivity index (χ0) is 13.4. The van der Waals surface area contributed by atoms with Gasteiger partial charge >= 0.3 is 0 Å². The summed E-state index contributed by atoms with van der Waals surface area (Å²) in [6.07, 6.45) is 3.17. The number of nitrogen functional groups attached to an aromatic ring is 1. The molecule has 0 spiro atoms. The minimum absolute atomic E-state index is 0.778. The maximum absolute atomic E-state index is 5.61. The number of nitrogens with zero attached hydrogens (tertiary/aromatic N) is 2. The van der Waals surface area contributed by atoms with Crippen LogP contribution in [0.4, 0.5) is 5.82 Å². The molecule has 4 nitrogen and oxygen atoms in total. The van der Waals surface area contributed by atoms with E-state index in [9.17, 15) is 0 Å². The van der Waals surface area contributed by atoms with E-state index < -0.39 is 0 Å². The van der Waals surface area contributed by atoms with Crippen LogP contribution < -0.4 is 11.3 Å². The number of fused-ring (bicyclic) bond motifs is 1. The summed E-state index contributed by atoms with van der Waals surface area (Å²) in [5, 5.41) is 0. The fourth-order valence-corrected chi connectivity index (χ4v) is 2.83. The lowest BCUT2D eigenvalue weighted by molar-refractivity contribution is 0.899. The van der Waals surface area contributed by atoms with E-state index in [0.717, 1.165) is 42.2 Å². The number of hydrogen-bond acceptors (Lipinski definition) is 4. The maximum Gasteiger partial charge on any atom is 0.162 e. The molecule has 3 N–H and O–H groups in total. The van der Waals surface area contributed by atoms with Crippen molar-refractivity contribution in [3.05, 3.63) is 40.6 Å². The van der Waals surface area contributed by atoms with Crippen LogP contribution in [0.25, 0.3) is 11.4 Å². The lowest BCUT2D eigenvalue weighted by Gasteiger charge is -2.12. The number of aryl methyl sites for hydroxylation is 3. The molecule has 1 aromatic carbocycles. The first-order valence-corrected chi connectivity index (χ1v) is 6.63. The predicted molar refractivity (Wildman–Crippen MR) is 76.8 cm³/mol. The quantitative estimate of drug-likeness (QED) is 0.638. The second-order valence-electron chi connectivity index (χ2n) is 5.09. The monoisotopic (exact) mass is 254 g/mol. The van der Waals surface area contributed by atoms with Crippen LogP contribution in [0, 0.1) is 13.8 Å². The van der Waals surface area contributed by atoms with E-state index in [2.05, 4.69) is 42.5 Å². The number of nitrogens with one attached hydrogen (secondary N) is 1. The third-order valence-corrected chi connectivity index (χ3v) is 3.77. The average Bonchev–Trinajstić information content (AvgIpc) is 2.85. The molecule has 2 aromatic rings. The Balaban J connectivity index is 2.21. The van der Waals surface area contributed by atoms with Crippen molar-refractivity contribution in [2.24, 2.45) is 5.84 Å². The van der Waals surface area contributed by atoms with Gasteiger partial charge in [-0.2, -0.15) is 0 Å². The van der Waals surface area contributed by atoms with Crippen molar-refractivity contribution >= 4 is 5.82 Å². The Morgan fingerprint density at radius 1 is 1.11 bits per heavy atom. The molecule has 0 radical (unpaired) electrons. The molecule has 0 bridgehead atoms. The van der Waals surface area contributed by atoms with Gasteiger partial charge in [0.25, 0.3) is 0 Å². The molecule has 3 rings (SSSR count). The summed E-state index contributed by atoms with van der Waals surface area (Å²) < 4.78 is 0. The largest absolute Gasteiger partial charge is 0.308 e. The van der Waals surface area contributed by atoms with Crippen molar-refractivity contribution in [1.29, 1.82) is 0 Å². The van der Waals surface area contributed by atoms with Gasteiger partial charge in [-0.3, -0.25) is 0 Å². The Kier molecular flexibility index (Phi) is 2.95. The highest BCUT2D eigenvalue weighted by Crippen LogP contribution is 2.31. The van der Waals surface area contributed by atoms with Crippen LogP contribution in [0.1, 0.15) is 28.8 Å². The van der Waals surface area contributed by atoms with Gasteiger partial charge < -0.3 is 5.43 Å². The number of anilines is 1. The summed E-state index contributed by atoms with van der Waals surface area (Å²) in [7, 11) is 0. The Hall–Kier alpha value is -1.94. The molecule has 1 aromatic heterocycles. The standard InChI is InChI=1S/C15H18N4/c1-9-5-3-6-10(2)13(9)15-17-12-8-4-7-11(12)14(18-15)19-16/h3,5-6H,4,7-8,16H2,1-2H3,(H,17,18,19). The lowest BCUT2D eigenvalue weighted by Crippen LogP contribution is -2.13. The molecular weight excluding hydrogens is 236 g/mol. The van der Waals surface area contributed by atoms with Crippen LogP contribution in [0.15, 0.2) is 18.2 Å². The van der Waals surface area contributed by atoms with Crippen LogP contribution in [0.3, 0.4) is 0 Å². The summed E-state index contributed by atoms with van der Waals surface area (Å²) in [6.45, 7) is 4.18. The van der Waals surface area contributed by atoms with Crippen molar-refractivity contribution in [2.45, 2.75) is 33.1 Å². The predicted octanol–water partition coefficient (Wildman–Crippen LogP) is 2.53. The average molecular weight is 254 g/mol. The summed E-state index contributed by atoms with van der Waals surface area (Å²) >= 11 is 0. The molecule has 19 heavy (non-hydrogen) atoms. The van der Waals surface area contributed by atoms with Gasteiger partial charge in [-0.15, -0.1) is 0 Å². The number of rotatable bonds is 2. The van der Waals surface area contributed by atoms with Crippen molar-refractivity contribution in [3.63, 3.8) is 0 Å². The van der Waals surface area contributed by atoms with Crippen LogP contribution in [0.5, 0.6) is 0 Å². The smallest absolute Gasteiger partial charge is 0.162 e. The van der Waals surface area contributed by atoms with E-state index in [1.165, 1.54) is 16.7 Å². The molecule has 0 amide bonds. The zero-order valence-electron chi connectivity index (χ0n) is 11.3. The lowest BCUT2D eigenvalue weighted by atomic mass is 10.0. The second-order valence-corrected chi connectivity index (χ2v) is 5.09. The van der Waals surface area contributed by atoms with E-state index in [0.29, 0.717) is 0 Å². The van der Waals surface area contributed by atoms with Gasteiger partial charge in [0.2, 0.25) is 0 Å². The van der Waals surface area contributed by atoms with E-state index >= 15 is 0 Å². The summed E-state index contributed by atoms with van der Waals surface area (Å²) in [4.78, 5) is 9.35. The highest BCUT2D eigenvalue weighted by atomic mass is 15.3. The number of hydrogen-bond donors (Lipinski definition) is 2. The number of benzene rings is 1. The maximum atomic E-state index is 5.61. The zero-order valence-corrected chi connectivity index (χ0v) is 11.3. The minimum Gasteiger partial charge on any atom is -0.308 e. The molecule has 4 heteroatoms. The Labute approximate surface area is 113 Å². The van der Waals surface area contributed by atoms with Gasteiger partial charge in [-0.25, -0.2) is 15.8 Å². The van der Waals surface area contributed by atoms with Gasteiger partial charge in [-0.05, 0) is 44.2 Å². The summed E-state index contributed by atoms with van der Waals surface area (Å²) in [5.74, 6) is 7.17. The molecule has 0 aliphatic heterocycles. The van der Waals surface area contributed by atoms with Crippen molar-refractivity contribution in [3.8, 4) is 11.4 Å². The van der Waals surface area contributed by atoms with Crippen molar-refractivity contribution in [2.75, 3.05) is 5.43 Å². The first-order chi connectivity index (χ1) is 9.20. The second kappa shape index (κ2) is 4.63. The number of aromatic nitrogens is 2. The van der Waals surface area contributed by atoms with Crippen molar-refractivity contribution in [1.82, 2.24) is 9.97 Å². The molecule has 1 heterocycles. The normalized spacial score (nSPS) is 13.4. The highest BCUT2D eigenvalue weighted by Gasteiger charge is 2.20. The Morgan fingerprint density at radius 3 is 2.53 bits per heavy atom. The molecule has 0 atom stereocenters. The first-order valence-electron chi connectivity index (χ1n) is 6.63. The molecule has 98 valence electrons. The highest BCUT2D eigenvalue weighted by molar-refractivity contribution is 5.67. The summed E-state index contributed by atoms with van der Waals surface area (Å²) in [6, 6.07) is 6.24. The van der Waals surface area contributed by atoms with Gasteiger partial charge in [0.1, 0.15) is 5.82 Å². The van der Waals surface area contributed by atoms with Gasteiger partial charge in [0.05, 0.1) is 0 Å². The van der Waals surface area contributed by atoms with E-state index in [1.807, 2.05) is 0 Å². The molecular formula is C15H18N4. The topological polar surface area (TPSA) is 63.8 Å². The fraction of sp³-hybridized carbons (Fsp3) is 0.333.